The summed E-state index contributed by atoms with van der Waals surface area (Å²) in [6, 6.07) is 5.99. The van der Waals surface area contributed by atoms with E-state index in [9.17, 15) is 4.79 Å². The number of carbonyl (C=O) groups is 1. The minimum absolute atomic E-state index is 0.248. The van der Waals surface area contributed by atoms with Crippen molar-refractivity contribution in [3.8, 4) is 0 Å². The van der Waals surface area contributed by atoms with Crippen LogP contribution in [0.25, 0.3) is 0 Å². The molecular weight excluding hydrogens is 202 g/mol. The van der Waals surface area contributed by atoms with E-state index in [-0.39, 0.29) is 5.91 Å². The molecule has 86 valence electrons. The van der Waals surface area contributed by atoms with Crippen molar-refractivity contribution in [3.05, 3.63) is 30.1 Å². The van der Waals surface area contributed by atoms with Crippen LogP contribution in [0.3, 0.4) is 0 Å². The van der Waals surface area contributed by atoms with Crippen molar-refractivity contribution in [1.82, 2.24) is 9.88 Å². The van der Waals surface area contributed by atoms with Gasteiger partial charge in [0.15, 0.2) is 0 Å². The van der Waals surface area contributed by atoms with Crippen molar-refractivity contribution in [1.29, 1.82) is 0 Å². The van der Waals surface area contributed by atoms with Gasteiger partial charge in [-0.1, -0.05) is 6.07 Å². The Balaban J connectivity index is 1.99. The molecule has 1 aliphatic rings. The van der Waals surface area contributed by atoms with E-state index in [0.29, 0.717) is 12.5 Å². The van der Waals surface area contributed by atoms with Crippen LogP contribution in [-0.4, -0.2) is 35.4 Å². The van der Waals surface area contributed by atoms with Gasteiger partial charge in [-0.25, -0.2) is 0 Å². The molecule has 2 rings (SSSR count). The number of hydrogen-bond donors (Lipinski definition) is 1. The van der Waals surface area contributed by atoms with Gasteiger partial charge in [-0.05, 0) is 31.5 Å². The third kappa shape index (κ3) is 2.79. The fourth-order valence-electron chi connectivity index (χ4n) is 2.28. The summed E-state index contributed by atoms with van der Waals surface area (Å²) in [5, 5.41) is 0. The third-order valence-corrected chi connectivity index (χ3v) is 2.99. The summed E-state index contributed by atoms with van der Waals surface area (Å²) in [4.78, 5) is 17.4. The monoisotopic (exact) mass is 219 g/mol. The lowest BCUT2D eigenvalue weighted by Gasteiger charge is -2.31. The van der Waals surface area contributed by atoms with Gasteiger partial charge >= 0.3 is 0 Å². The zero-order valence-corrected chi connectivity index (χ0v) is 9.30. The average Bonchev–Trinajstić information content (AvgIpc) is 2.30. The highest BCUT2D eigenvalue weighted by Crippen LogP contribution is 2.24. The van der Waals surface area contributed by atoms with Gasteiger partial charge in [0, 0.05) is 24.4 Å². The standard InChI is InChI=1S/C12H17N3O/c13-12(16)9-15-7-3-4-10(8-15)11-5-1-2-6-14-11/h1-2,5-6,10H,3-4,7-9H2,(H2,13,16). The quantitative estimate of drug-likeness (QED) is 0.816. The summed E-state index contributed by atoms with van der Waals surface area (Å²) >= 11 is 0. The van der Waals surface area contributed by atoms with Gasteiger partial charge in [0.25, 0.3) is 0 Å². The van der Waals surface area contributed by atoms with Crippen molar-refractivity contribution in [2.75, 3.05) is 19.6 Å². The average molecular weight is 219 g/mol. The van der Waals surface area contributed by atoms with Gasteiger partial charge in [0.1, 0.15) is 0 Å². The summed E-state index contributed by atoms with van der Waals surface area (Å²) in [7, 11) is 0. The SMILES string of the molecule is NC(=O)CN1CCCC(c2ccccn2)C1. The molecule has 0 radical (unpaired) electrons. The van der Waals surface area contributed by atoms with Crippen LogP contribution < -0.4 is 5.73 Å². The molecule has 2 N–H and O–H groups in total. The van der Waals surface area contributed by atoms with E-state index >= 15 is 0 Å². The molecular formula is C12H17N3O. The molecule has 1 atom stereocenters. The van der Waals surface area contributed by atoms with Crippen molar-refractivity contribution < 1.29 is 4.79 Å². The first-order valence-corrected chi connectivity index (χ1v) is 5.67. The van der Waals surface area contributed by atoms with Crippen LogP contribution in [0.1, 0.15) is 24.5 Å². The molecule has 1 aliphatic heterocycles. The molecule has 1 amide bonds. The maximum absolute atomic E-state index is 10.9. The minimum Gasteiger partial charge on any atom is -0.369 e. The van der Waals surface area contributed by atoms with E-state index in [4.69, 9.17) is 5.73 Å². The van der Waals surface area contributed by atoms with E-state index < -0.39 is 0 Å². The highest BCUT2D eigenvalue weighted by atomic mass is 16.1. The molecule has 1 unspecified atom stereocenters. The normalized spacial score (nSPS) is 21.9. The number of likely N-dealkylation sites (tertiary alicyclic amines) is 1. The molecule has 4 nitrogen and oxygen atoms in total. The van der Waals surface area contributed by atoms with Crippen LogP contribution in [-0.2, 0) is 4.79 Å². The molecule has 0 spiro atoms. The number of amides is 1. The number of nitrogens with two attached hydrogens (primary N) is 1. The number of nitrogens with zero attached hydrogens (tertiary/aromatic N) is 2. The van der Waals surface area contributed by atoms with Crippen LogP contribution >= 0.6 is 0 Å². The summed E-state index contributed by atoms with van der Waals surface area (Å²) in [6.07, 6.45) is 4.07. The van der Waals surface area contributed by atoms with Crippen molar-refractivity contribution in [3.63, 3.8) is 0 Å². The first-order valence-electron chi connectivity index (χ1n) is 5.67. The fraction of sp³-hybridized carbons (Fsp3) is 0.500. The molecule has 0 aliphatic carbocycles. The zero-order valence-electron chi connectivity index (χ0n) is 9.30. The van der Waals surface area contributed by atoms with Crippen LogP contribution in [0.4, 0.5) is 0 Å². The Hall–Kier alpha value is -1.42. The Morgan fingerprint density at radius 2 is 2.44 bits per heavy atom. The molecule has 16 heavy (non-hydrogen) atoms. The van der Waals surface area contributed by atoms with Gasteiger partial charge in [0.05, 0.1) is 6.54 Å². The Morgan fingerprint density at radius 1 is 1.56 bits per heavy atom. The maximum atomic E-state index is 10.9. The molecule has 2 heterocycles. The van der Waals surface area contributed by atoms with Gasteiger partial charge in [-0.2, -0.15) is 0 Å². The Morgan fingerprint density at radius 3 is 3.12 bits per heavy atom. The number of rotatable bonds is 3. The maximum Gasteiger partial charge on any atom is 0.231 e. The second-order valence-corrected chi connectivity index (χ2v) is 4.30. The predicted octanol–water partition coefficient (Wildman–Crippen LogP) is 0.746. The van der Waals surface area contributed by atoms with Crippen LogP contribution in [0.5, 0.6) is 0 Å². The highest BCUT2D eigenvalue weighted by molar-refractivity contribution is 5.75. The molecule has 0 saturated carbocycles. The Bertz CT molecular complexity index is 353. The van der Waals surface area contributed by atoms with Crippen molar-refractivity contribution in [2.45, 2.75) is 18.8 Å². The number of carbonyl (C=O) groups excluding carboxylic acids is 1. The van der Waals surface area contributed by atoms with Crippen molar-refractivity contribution in [2.24, 2.45) is 5.73 Å². The number of aromatic nitrogens is 1. The summed E-state index contributed by atoms with van der Waals surface area (Å²) in [5.41, 5.74) is 6.33. The van der Waals surface area contributed by atoms with E-state index in [0.717, 1.165) is 31.6 Å². The van der Waals surface area contributed by atoms with Crippen LogP contribution in [0.2, 0.25) is 0 Å². The number of pyridine rings is 1. The van der Waals surface area contributed by atoms with Crippen LogP contribution in [0.15, 0.2) is 24.4 Å². The fourth-order valence-corrected chi connectivity index (χ4v) is 2.28. The number of piperidine rings is 1. The highest BCUT2D eigenvalue weighted by Gasteiger charge is 2.22. The molecule has 1 fully saturated rings. The summed E-state index contributed by atoms with van der Waals surface area (Å²) in [6.45, 7) is 2.22. The van der Waals surface area contributed by atoms with E-state index in [1.165, 1.54) is 0 Å². The Kier molecular flexibility index (Phi) is 3.51. The van der Waals surface area contributed by atoms with E-state index in [1.807, 2.05) is 18.3 Å². The smallest absolute Gasteiger partial charge is 0.231 e. The lowest BCUT2D eigenvalue weighted by Crippen LogP contribution is -2.40. The molecule has 1 aromatic heterocycles. The van der Waals surface area contributed by atoms with Crippen molar-refractivity contribution >= 4 is 5.91 Å². The molecule has 0 aromatic carbocycles. The lowest BCUT2D eigenvalue weighted by atomic mass is 9.94. The predicted molar refractivity (Wildman–Crippen MR) is 61.8 cm³/mol. The topological polar surface area (TPSA) is 59.2 Å². The van der Waals surface area contributed by atoms with Gasteiger partial charge < -0.3 is 5.73 Å². The zero-order chi connectivity index (χ0) is 11.4. The molecule has 1 aromatic rings. The second kappa shape index (κ2) is 5.07. The van der Waals surface area contributed by atoms with Crippen LogP contribution in [0, 0.1) is 0 Å². The van der Waals surface area contributed by atoms with Gasteiger partial charge in [0.2, 0.25) is 5.91 Å². The molecule has 4 heteroatoms. The summed E-state index contributed by atoms with van der Waals surface area (Å²) < 4.78 is 0. The molecule has 1 saturated heterocycles. The minimum atomic E-state index is -0.248. The number of primary amides is 1. The molecule has 0 bridgehead atoms. The first-order chi connectivity index (χ1) is 7.75. The van der Waals surface area contributed by atoms with E-state index in [2.05, 4.69) is 16.0 Å². The number of hydrogen-bond acceptors (Lipinski definition) is 3. The third-order valence-electron chi connectivity index (χ3n) is 2.99. The van der Waals surface area contributed by atoms with Gasteiger partial charge in [-0.15, -0.1) is 0 Å². The largest absolute Gasteiger partial charge is 0.369 e. The van der Waals surface area contributed by atoms with E-state index in [1.54, 1.807) is 0 Å². The lowest BCUT2D eigenvalue weighted by molar-refractivity contribution is -0.119. The Labute approximate surface area is 95.5 Å². The first kappa shape index (κ1) is 11.1. The van der Waals surface area contributed by atoms with Gasteiger partial charge in [-0.3, -0.25) is 14.7 Å². The summed E-state index contributed by atoms with van der Waals surface area (Å²) in [5.74, 6) is 0.191. The second-order valence-electron chi connectivity index (χ2n) is 4.30.